The van der Waals surface area contributed by atoms with E-state index >= 15 is 0 Å². The summed E-state index contributed by atoms with van der Waals surface area (Å²) in [5.41, 5.74) is 2.70. The first kappa shape index (κ1) is 21.9. The zero-order valence-corrected chi connectivity index (χ0v) is 19.3. The van der Waals surface area contributed by atoms with Crippen molar-refractivity contribution in [3.63, 3.8) is 0 Å². The monoisotopic (exact) mass is 461 g/mol. The van der Waals surface area contributed by atoms with Gasteiger partial charge in [0, 0.05) is 24.3 Å². The molecule has 176 valence electrons. The van der Waals surface area contributed by atoms with E-state index in [1.807, 2.05) is 42.8 Å². The number of piperidine rings is 1. The predicted octanol–water partition coefficient (Wildman–Crippen LogP) is 3.55. The highest BCUT2D eigenvalue weighted by atomic mass is 16.6. The van der Waals surface area contributed by atoms with E-state index in [1.165, 1.54) is 0 Å². The Hall–Kier alpha value is -3.87. The molecule has 2 aromatic heterocycles. The van der Waals surface area contributed by atoms with Gasteiger partial charge in [0.1, 0.15) is 24.0 Å². The Balaban J connectivity index is 1.22. The number of benzene rings is 1. The summed E-state index contributed by atoms with van der Waals surface area (Å²) < 4.78 is 15.2. The van der Waals surface area contributed by atoms with Crippen molar-refractivity contribution in [2.24, 2.45) is 0 Å². The predicted molar refractivity (Wildman–Crippen MR) is 121 cm³/mol. The first-order valence-corrected chi connectivity index (χ1v) is 11.5. The van der Waals surface area contributed by atoms with Gasteiger partial charge in [0.15, 0.2) is 5.69 Å². The third kappa shape index (κ3) is 4.46. The second-order valence-electron chi connectivity index (χ2n) is 9.14. The van der Waals surface area contributed by atoms with Crippen molar-refractivity contribution >= 4 is 6.09 Å². The number of amides is 1. The summed E-state index contributed by atoms with van der Waals surface area (Å²) in [5, 5.41) is 22.0. The normalized spacial score (nSPS) is 17.3. The molecule has 3 heterocycles. The number of likely N-dealkylation sites (tertiary alicyclic amines) is 1. The van der Waals surface area contributed by atoms with E-state index in [1.54, 1.807) is 22.0 Å². The number of nitrogens with zero attached hydrogens (tertiary/aromatic N) is 7. The Bertz CT molecular complexity index is 1200. The van der Waals surface area contributed by atoms with Crippen LogP contribution >= 0.6 is 0 Å². The van der Waals surface area contributed by atoms with Gasteiger partial charge < -0.3 is 14.4 Å². The van der Waals surface area contributed by atoms with Gasteiger partial charge in [-0.1, -0.05) is 5.21 Å². The highest BCUT2D eigenvalue weighted by Crippen LogP contribution is 2.39. The highest BCUT2D eigenvalue weighted by molar-refractivity contribution is 5.68. The van der Waals surface area contributed by atoms with Gasteiger partial charge in [0.2, 0.25) is 0 Å². The van der Waals surface area contributed by atoms with Crippen LogP contribution < -0.4 is 4.74 Å². The third-order valence-electron chi connectivity index (χ3n) is 6.64. The molecule has 1 amide bonds. The average molecular weight is 462 g/mol. The lowest BCUT2D eigenvalue weighted by Crippen LogP contribution is -2.41. The summed E-state index contributed by atoms with van der Waals surface area (Å²) >= 11 is 0. The summed E-state index contributed by atoms with van der Waals surface area (Å²) in [6.45, 7) is 5.43. The highest BCUT2D eigenvalue weighted by Gasteiger charge is 2.43. The molecule has 0 radical (unpaired) electrons. The summed E-state index contributed by atoms with van der Waals surface area (Å²) in [5.74, 6) is 0.691. The molecule has 34 heavy (non-hydrogen) atoms. The van der Waals surface area contributed by atoms with Crippen molar-refractivity contribution in [2.45, 2.75) is 57.8 Å². The Kier molecular flexibility index (Phi) is 5.69. The number of carbonyl (C=O) groups is 1. The molecule has 2 aliphatic rings. The van der Waals surface area contributed by atoms with Crippen molar-refractivity contribution < 1.29 is 14.3 Å². The van der Waals surface area contributed by atoms with Crippen molar-refractivity contribution in [3.8, 4) is 17.5 Å². The summed E-state index contributed by atoms with van der Waals surface area (Å²) in [7, 11) is 0. The molecule has 10 heteroatoms. The molecule has 1 saturated heterocycles. The Morgan fingerprint density at radius 1 is 1.24 bits per heavy atom. The van der Waals surface area contributed by atoms with Gasteiger partial charge in [0.25, 0.3) is 0 Å². The minimum absolute atomic E-state index is 0.128. The molecule has 0 N–H and O–H groups in total. The Labute approximate surface area is 197 Å². The third-order valence-corrected chi connectivity index (χ3v) is 6.64. The van der Waals surface area contributed by atoms with E-state index in [0.29, 0.717) is 24.5 Å². The van der Waals surface area contributed by atoms with Crippen molar-refractivity contribution in [3.05, 3.63) is 53.6 Å². The average Bonchev–Trinajstić information content (AvgIpc) is 3.24. The van der Waals surface area contributed by atoms with Crippen LogP contribution in [0.3, 0.4) is 0 Å². The van der Waals surface area contributed by atoms with E-state index in [2.05, 4.69) is 21.5 Å². The molecule has 2 fully saturated rings. The fourth-order valence-corrected chi connectivity index (χ4v) is 4.21. The SMILES string of the molecule is Cc1c(COc2ccc(-n3ccnn3)cc2)c(C#N)nn1C1CCN(C(=O)OC2(C)CC2)CC1. The van der Waals surface area contributed by atoms with Gasteiger partial charge >= 0.3 is 6.09 Å². The fraction of sp³-hybridized carbons (Fsp3) is 0.458. The minimum atomic E-state index is -0.264. The van der Waals surface area contributed by atoms with E-state index < -0.39 is 0 Å². The quantitative estimate of drug-likeness (QED) is 0.552. The number of nitriles is 1. The van der Waals surface area contributed by atoms with E-state index in [9.17, 15) is 10.1 Å². The lowest BCUT2D eigenvalue weighted by molar-refractivity contribution is 0.0489. The standard InChI is InChI=1S/C24H27N7O3/c1-17-21(16-33-20-5-3-18(4-6-20)30-14-11-26-28-30)22(15-25)27-31(17)19-7-12-29(13-8-19)23(32)34-24(2)9-10-24/h3-6,11,14,19H,7-10,12-13,16H2,1-2H3. The Morgan fingerprint density at radius 3 is 2.59 bits per heavy atom. The molecular formula is C24H27N7O3. The molecule has 5 rings (SSSR count). The van der Waals surface area contributed by atoms with Crippen LogP contribution in [0.1, 0.15) is 55.6 Å². The molecule has 1 aliphatic heterocycles. The second-order valence-corrected chi connectivity index (χ2v) is 9.14. The molecule has 3 aromatic rings. The van der Waals surface area contributed by atoms with Crippen LogP contribution in [0.5, 0.6) is 5.75 Å². The van der Waals surface area contributed by atoms with Gasteiger partial charge in [-0.25, -0.2) is 9.48 Å². The zero-order chi connectivity index (χ0) is 23.7. The fourth-order valence-electron chi connectivity index (χ4n) is 4.21. The van der Waals surface area contributed by atoms with Crippen LogP contribution in [0.4, 0.5) is 4.79 Å². The number of carbonyl (C=O) groups excluding carboxylic acids is 1. The second kappa shape index (κ2) is 8.82. The van der Waals surface area contributed by atoms with Crippen LogP contribution in [0, 0.1) is 18.3 Å². The lowest BCUT2D eigenvalue weighted by Gasteiger charge is -2.32. The zero-order valence-electron chi connectivity index (χ0n) is 19.3. The molecule has 0 bridgehead atoms. The maximum absolute atomic E-state index is 12.4. The Morgan fingerprint density at radius 2 is 1.97 bits per heavy atom. The van der Waals surface area contributed by atoms with Gasteiger partial charge in [-0.3, -0.25) is 4.68 Å². The van der Waals surface area contributed by atoms with Crippen LogP contribution in [-0.4, -0.2) is 54.5 Å². The summed E-state index contributed by atoms with van der Waals surface area (Å²) in [4.78, 5) is 14.2. The summed E-state index contributed by atoms with van der Waals surface area (Å²) in [6.07, 6.45) is 6.58. The van der Waals surface area contributed by atoms with Crippen molar-refractivity contribution in [1.82, 2.24) is 29.7 Å². The van der Waals surface area contributed by atoms with Gasteiger partial charge in [0.05, 0.1) is 24.1 Å². The van der Waals surface area contributed by atoms with Gasteiger partial charge in [-0.2, -0.15) is 10.4 Å². The van der Waals surface area contributed by atoms with Crippen molar-refractivity contribution in [2.75, 3.05) is 13.1 Å². The summed E-state index contributed by atoms with van der Waals surface area (Å²) in [6, 6.07) is 9.85. The molecule has 0 spiro atoms. The van der Waals surface area contributed by atoms with E-state index in [-0.39, 0.29) is 24.3 Å². The van der Waals surface area contributed by atoms with Crippen LogP contribution in [-0.2, 0) is 11.3 Å². The number of hydrogen-bond acceptors (Lipinski definition) is 7. The van der Waals surface area contributed by atoms with Crippen LogP contribution in [0.25, 0.3) is 5.69 Å². The number of rotatable bonds is 6. The molecule has 1 aliphatic carbocycles. The molecular weight excluding hydrogens is 434 g/mol. The topological polar surface area (TPSA) is 111 Å². The van der Waals surface area contributed by atoms with E-state index in [0.717, 1.165) is 42.6 Å². The smallest absolute Gasteiger partial charge is 0.410 e. The first-order valence-electron chi connectivity index (χ1n) is 11.5. The minimum Gasteiger partial charge on any atom is -0.489 e. The first-order chi connectivity index (χ1) is 16.5. The molecule has 1 saturated carbocycles. The van der Waals surface area contributed by atoms with Crippen LogP contribution in [0.2, 0.25) is 0 Å². The largest absolute Gasteiger partial charge is 0.489 e. The van der Waals surface area contributed by atoms with Gasteiger partial charge in [-0.05, 0) is 63.8 Å². The maximum Gasteiger partial charge on any atom is 0.410 e. The molecule has 0 unspecified atom stereocenters. The van der Waals surface area contributed by atoms with E-state index in [4.69, 9.17) is 9.47 Å². The molecule has 0 atom stereocenters. The number of hydrogen-bond donors (Lipinski definition) is 0. The maximum atomic E-state index is 12.4. The number of aromatic nitrogens is 5. The number of ether oxygens (including phenoxy) is 2. The lowest BCUT2D eigenvalue weighted by atomic mass is 10.1. The van der Waals surface area contributed by atoms with Crippen molar-refractivity contribution in [1.29, 1.82) is 5.26 Å². The molecule has 1 aromatic carbocycles. The van der Waals surface area contributed by atoms with Gasteiger partial charge in [-0.15, -0.1) is 5.10 Å². The molecule has 10 nitrogen and oxygen atoms in total. The van der Waals surface area contributed by atoms with Crippen LogP contribution in [0.15, 0.2) is 36.7 Å².